The van der Waals surface area contributed by atoms with E-state index in [2.05, 4.69) is 0 Å². The standard InChI is InChI=1S/C28H28O8/c1-18(29)33-28(22-15-9-17-24(31)35-22)27(20-12-6-3-7-13-20)36-26(19-10-4-2-5-11-19)25(32)21-14-8-16-23(30)34-21/h2-13,16-17,21-22,25-28,32H,14-15H2,1H3/t21-,22-,25-,26-,27+,28-/m0/s1. The molecule has 0 bridgehead atoms. The number of hydrogen-bond donors (Lipinski definition) is 1. The van der Waals surface area contributed by atoms with E-state index in [0.717, 1.165) is 0 Å². The minimum absolute atomic E-state index is 0.314. The highest BCUT2D eigenvalue weighted by Gasteiger charge is 2.41. The highest BCUT2D eigenvalue weighted by atomic mass is 16.6. The maximum atomic E-state index is 12.1. The van der Waals surface area contributed by atoms with Crippen molar-refractivity contribution < 1.29 is 38.4 Å². The Labute approximate surface area is 209 Å². The zero-order valence-corrected chi connectivity index (χ0v) is 19.8. The second kappa shape index (κ2) is 11.8. The molecule has 0 fully saturated rings. The molecule has 0 amide bonds. The smallest absolute Gasteiger partial charge is 0.330 e. The third-order valence-corrected chi connectivity index (χ3v) is 5.99. The highest BCUT2D eigenvalue weighted by molar-refractivity contribution is 5.83. The largest absolute Gasteiger partial charge is 0.456 e. The molecule has 0 saturated heterocycles. The molecule has 0 saturated carbocycles. The minimum Gasteiger partial charge on any atom is -0.456 e. The molecule has 8 nitrogen and oxygen atoms in total. The number of carbonyl (C=O) groups is 3. The quantitative estimate of drug-likeness (QED) is 0.419. The van der Waals surface area contributed by atoms with Gasteiger partial charge in [0.15, 0.2) is 6.10 Å². The topological polar surface area (TPSA) is 108 Å². The van der Waals surface area contributed by atoms with Crippen molar-refractivity contribution in [2.24, 2.45) is 0 Å². The van der Waals surface area contributed by atoms with Crippen molar-refractivity contribution in [2.45, 2.75) is 56.4 Å². The molecule has 8 heteroatoms. The van der Waals surface area contributed by atoms with Crippen LogP contribution in [0.25, 0.3) is 0 Å². The number of aliphatic hydroxyl groups is 1. The summed E-state index contributed by atoms with van der Waals surface area (Å²) in [5, 5.41) is 11.4. The lowest BCUT2D eigenvalue weighted by Gasteiger charge is -2.38. The number of carbonyl (C=O) groups excluding carboxylic acids is 3. The second-order valence-corrected chi connectivity index (χ2v) is 8.59. The van der Waals surface area contributed by atoms with Gasteiger partial charge in [-0.25, -0.2) is 9.59 Å². The second-order valence-electron chi connectivity index (χ2n) is 8.59. The molecule has 4 rings (SSSR count). The number of ether oxygens (including phenoxy) is 4. The lowest BCUT2D eigenvalue weighted by molar-refractivity contribution is -0.197. The summed E-state index contributed by atoms with van der Waals surface area (Å²) in [6, 6.07) is 18.1. The number of esters is 3. The van der Waals surface area contributed by atoms with Gasteiger partial charge in [-0.2, -0.15) is 0 Å². The third kappa shape index (κ3) is 6.27. The Kier molecular flexibility index (Phi) is 8.30. The molecule has 2 aromatic carbocycles. The SMILES string of the molecule is CC(=O)O[C@@H]([C@@H]1CC=CC(=O)O1)[C@H](O[C@@H](c1ccccc1)[C@@H](O)[C@@H]1CC=CC(=O)O1)c1ccccc1. The van der Waals surface area contributed by atoms with Gasteiger partial charge < -0.3 is 24.1 Å². The molecule has 2 heterocycles. The minimum atomic E-state index is -1.24. The predicted molar refractivity (Wildman–Crippen MR) is 128 cm³/mol. The van der Waals surface area contributed by atoms with E-state index in [-0.39, 0.29) is 0 Å². The van der Waals surface area contributed by atoms with Crippen molar-refractivity contribution in [1.29, 1.82) is 0 Å². The average Bonchev–Trinajstić information content (AvgIpc) is 2.89. The van der Waals surface area contributed by atoms with Crippen LogP contribution in [0.3, 0.4) is 0 Å². The molecular formula is C28H28O8. The number of cyclic esters (lactones) is 2. The number of hydrogen-bond acceptors (Lipinski definition) is 8. The van der Waals surface area contributed by atoms with Crippen molar-refractivity contribution in [2.75, 3.05) is 0 Å². The fourth-order valence-electron chi connectivity index (χ4n) is 4.34. The Balaban J connectivity index is 1.73. The maximum absolute atomic E-state index is 12.1. The summed E-state index contributed by atoms with van der Waals surface area (Å²) in [5.74, 6) is -1.66. The van der Waals surface area contributed by atoms with Gasteiger partial charge in [0.25, 0.3) is 0 Å². The van der Waals surface area contributed by atoms with E-state index in [1.165, 1.54) is 19.1 Å². The fourth-order valence-corrected chi connectivity index (χ4v) is 4.34. The van der Waals surface area contributed by atoms with Gasteiger partial charge in [-0.1, -0.05) is 72.8 Å². The summed E-state index contributed by atoms with van der Waals surface area (Å²) in [4.78, 5) is 36.0. The molecule has 0 radical (unpaired) electrons. The summed E-state index contributed by atoms with van der Waals surface area (Å²) >= 11 is 0. The number of aliphatic hydroxyl groups excluding tert-OH is 1. The lowest BCUT2D eigenvalue weighted by Crippen LogP contribution is -2.44. The van der Waals surface area contributed by atoms with E-state index in [1.54, 1.807) is 48.6 Å². The molecule has 1 N–H and O–H groups in total. The van der Waals surface area contributed by atoms with Crippen LogP contribution < -0.4 is 0 Å². The van der Waals surface area contributed by atoms with E-state index >= 15 is 0 Å². The van der Waals surface area contributed by atoms with Gasteiger partial charge >= 0.3 is 17.9 Å². The maximum Gasteiger partial charge on any atom is 0.330 e. The zero-order chi connectivity index (χ0) is 25.5. The van der Waals surface area contributed by atoms with E-state index in [9.17, 15) is 19.5 Å². The first-order valence-electron chi connectivity index (χ1n) is 11.8. The summed E-state index contributed by atoms with van der Waals surface area (Å²) in [7, 11) is 0. The van der Waals surface area contributed by atoms with Crippen LogP contribution in [0, 0.1) is 0 Å². The highest BCUT2D eigenvalue weighted by Crippen LogP contribution is 2.37. The van der Waals surface area contributed by atoms with Gasteiger partial charge in [0, 0.05) is 31.9 Å². The van der Waals surface area contributed by atoms with Gasteiger partial charge in [0.2, 0.25) is 0 Å². The summed E-state index contributed by atoms with van der Waals surface area (Å²) in [5.41, 5.74) is 1.29. The van der Waals surface area contributed by atoms with Gasteiger partial charge in [-0.3, -0.25) is 4.79 Å². The monoisotopic (exact) mass is 492 g/mol. The van der Waals surface area contributed by atoms with E-state index < -0.39 is 54.5 Å². The lowest BCUT2D eigenvalue weighted by atomic mass is 9.94. The molecule has 0 spiro atoms. The normalized spacial score (nSPS) is 22.6. The Morgan fingerprint density at radius 3 is 1.86 bits per heavy atom. The van der Waals surface area contributed by atoms with Gasteiger partial charge in [-0.15, -0.1) is 0 Å². The first-order chi connectivity index (χ1) is 17.4. The van der Waals surface area contributed by atoms with Crippen LogP contribution in [0.5, 0.6) is 0 Å². The number of rotatable bonds is 9. The zero-order valence-electron chi connectivity index (χ0n) is 19.8. The van der Waals surface area contributed by atoms with Crippen LogP contribution in [0.15, 0.2) is 85.0 Å². The predicted octanol–water partition coefficient (Wildman–Crippen LogP) is 3.52. The molecule has 6 atom stereocenters. The summed E-state index contributed by atoms with van der Waals surface area (Å²) < 4.78 is 23.1. The van der Waals surface area contributed by atoms with Crippen molar-refractivity contribution in [3.05, 3.63) is 96.1 Å². The van der Waals surface area contributed by atoms with Crippen LogP contribution in [0.2, 0.25) is 0 Å². The van der Waals surface area contributed by atoms with Crippen LogP contribution in [-0.4, -0.2) is 47.4 Å². The molecule has 188 valence electrons. The van der Waals surface area contributed by atoms with Crippen molar-refractivity contribution >= 4 is 17.9 Å². The van der Waals surface area contributed by atoms with Crippen molar-refractivity contribution in [3.63, 3.8) is 0 Å². The Morgan fingerprint density at radius 1 is 0.833 bits per heavy atom. The van der Waals surface area contributed by atoms with E-state index in [1.807, 2.05) is 24.3 Å². The Morgan fingerprint density at radius 2 is 1.33 bits per heavy atom. The number of benzene rings is 2. The van der Waals surface area contributed by atoms with Crippen LogP contribution >= 0.6 is 0 Å². The first kappa shape index (κ1) is 25.3. The molecule has 0 unspecified atom stereocenters. The van der Waals surface area contributed by atoms with E-state index in [4.69, 9.17) is 18.9 Å². The summed E-state index contributed by atoms with van der Waals surface area (Å²) in [6.07, 6.45) is 0.795. The molecular weight excluding hydrogens is 464 g/mol. The molecule has 2 aliphatic rings. The van der Waals surface area contributed by atoms with Crippen molar-refractivity contribution in [3.8, 4) is 0 Å². The Bertz CT molecular complexity index is 1110. The van der Waals surface area contributed by atoms with E-state index in [0.29, 0.717) is 24.0 Å². The first-order valence-corrected chi connectivity index (χ1v) is 11.8. The summed E-state index contributed by atoms with van der Waals surface area (Å²) in [6.45, 7) is 1.27. The van der Waals surface area contributed by atoms with Crippen LogP contribution in [0.4, 0.5) is 0 Å². The Hall–Kier alpha value is -3.75. The molecule has 2 aromatic rings. The molecule has 0 aromatic heterocycles. The van der Waals surface area contributed by atoms with Crippen LogP contribution in [-0.2, 0) is 33.3 Å². The van der Waals surface area contributed by atoms with Gasteiger partial charge in [0.1, 0.15) is 30.5 Å². The fraction of sp³-hybridized carbons (Fsp3) is 0.321. The molecule has 36 heavy (non-hydrogen) atoms. The van der Waals surface area contributed by atoms with Crippen LogP contribution in [0.1, 0.15) is 43.1 Å². The molecule has 0 aliphatic carbocycles. The van der Waals surface area contributed by atoms with Crippen molar-refractivity contribution in [1.82, 2.24) is 0 Å². The third-order valence-electron chi connectivity index (χ3n) is 5.99. The molecule has 2 aliphatic heterocycles. The van der Waals surface area contributed by atoms with Gasteiger partial charge in [0.05, 0.1) is 0 Å². The van der Waals surface area contributed by atoms with Gasteiger partial charge in [-0.05, 0) is 11.1 Å². The average molecular weight is 493 g/mol.